The number of hydrogen-bond donors (Lipinski definition) is 1. The Morgan fingerprint density at radius 3 is 2.76 bits per heavy atom. The van der Waals surface area contributed by atoms with Crippen molar-refractivity contribution in [1.82, 2.24) is 0 Å². The van der Waals surface area contributed by atoms with Crippen LogP contribution in [0.2, 0.25) is 0 Å². The summed E-state index contributed by atoms with van der Waals surface area (Å²) >= 11 is 0. The van der Waals surface area contributed by atoms with Gasteiger partial charge in [0.25, 0.3) is 0 Å². The van der Waals surface area contributed by atoms with Gasteiger partial charge in [0.1, 0.15) is 17.3 Å². The molecule has 1 aromatic carbocycles. The van der Waals surface area contributed by atoms with E-state index in [1.54, 1.807) is 0 Å². The first-order chi connectivity index (χ1) is 12.0. The normalized spacial score (nSPS) is 23.7. The standard InChI is InChI=1S/C23H34O2/c1-5-6-7-8-9-16(3)18-13-20(24)23-17(4)19-11-10-15(2)12-21(19)25-22(23)14-18/h13-17,24H,5-12H2,1-4H3. The molecule has 0 amide bonds. The lowest BCUT2D eigenvalue weighted by Crippen LogP contribution is -2.20. The molecule has 1 N–H and O–H groups in total. The Bertz CT molecular complexity index is 644. The highest BCUT2D eigenvalue weighted by atomic mass is 16.5. The molecule has 3 unspecified atom stereocenters. The monoisotopic (exact) mass is 342 g/mol. The van der Waals surface area contributed by atoms with Crippen molar-refractivity contribution in [2.75, 3.05) is 0 Å². The van der Waals surface area contributed by atoms with Crippen LogP contribution >= 0.6 is 0 Å². The third kappa shape index (κ3) is 3.88. The zero-order valence-corrected chi connectivity index (χ0v) is 16.4. The van der Waals surface area contributed by atoms with E-state index in [9.17, 15) is 5.11 Å². The Morgan fingerprint density at radius 1 is 1.20 bits per heavy atom. The molecular weight excluding hydrogens is 308 g/mol. The van der Waals surface area contributed by atoms with Gasteiger partial charge in [0, 0.05) is 17.9 Å². The van der Waals surface area contributed by atoms with Gasteiger partial charge in [0.05, 0.1) is 0 Å². The van der Waals surface area contributed by atoms with E-state index in [-0.39, 0.29) is 5.92 Å². The highest BCUT2D eigenvalue weighted by Gasteiger charge is 2.32. The van der Waals surface area contributed by atoms with E-state index in [4.69, 9.17) is 4.74 Å². The van der Waals surface area contributed by atoms with Crippen LogP contribution in [0.3, 0.4) is 0 Å². The molecule has 1 heterocycles. The number of phenols is 1. The van der Waals surface area contributed by atoms with Gasteiger partial charge in [-0.15, -0.1) is 0 Å². The SMILES string of the molecule is CCCCCCC(C)c1cc(O)c2c(c1)OC1=C(CCC(C)C1)C2C. The zero-order chi connectivity index (χ0) is 18.0. The van der Waals surface area contributed by atoms with Crippen molar-refractivity contribution in [1.29, 1.82) is 0 Å². The molecule has 0 aromatic heterocycles. The lowest BCUT2D eigenvalue weighted by molar-refractivity contribution is 0.308. The molecule has 0 bridgehead atoms. The van der Waals surface area contributed by atoms with E-state index in [1.807, 2.05) is 6.07 Å². The average molecular weight is 343 g/mol. The summed E-state index contributed by atoms with van der Waals surface area (Å²) in [5.41, 5.74) is 3.62. The van der Waals surface area contributed by atoms with Crippen LogP contribution in [0.5, 0.6) is 11.5 Å². The maximum absolute atomic E-state index is 10.7. The van der Waals surface area contributed by atoms with Gasteiger partial charge in [-0.05, 0) is 54.4 Å². The predicted octanol–water partition coefficient (Wildman–Crippen LogP) is 7.04. The minimum atomic E-state index is 0.278. The zero-order valence-electron chi connectivity index (χ0n) is 16.4. The molecule has 2 nitrogen and oxygen atoms in total. The first kappa shape index (κ1) is 18.4. The largest absolute Gasteiger partial charge is 0.507 e. The lowest BCUT2D eigenvalue weighted by Gasteiger charge is -2.34. The quantitative estimate of drug-likeness (QED) is 0.562. The van der Waals surface area contributed by atoms with E-state index >= 15 is 0 Å². The van der Waals surface area contributed by atoms with Gasteiger partial charge in [-0.3, -0.25) is 0 Å². The minimum Gasteiger partial charge on any atom is -0.507 e. The minimum absolute atomic E-state index is 0.278. The van der Waals surface area contributed by atoms with Crippen LogP contribution in [0, 0.1) is 5.92 Å². The lowest BCUT2D eigenvalue weighted by atomic mass is 9.78. The van der Waals surface area contributed by atoms with Crippen LogP contribution in [-0.4, -0.2) is 5.11 Å². The van der Waals surface area contributed by atoms with Crippen LogP contribution < -0.4 is 4.74 Å². The molecule has 0 radical (unpaired) electrons. The molecule has 1 aliphatic carbocycles. The topological polar surface area (TPSA) is 29.5 Å². The van der Waals surface area contributed by atoms with Crippen LogP contribution in [0.1, 0.15) is 102 Å². The number of phenolic OH excluding ortho intramolecular Hbond substituents is 1. The number of benzene rings is 1. The molecular formula is C23H34O2. The number of allylic oxidation sites excluding steroid dienone is 2. The molecule has 0 spiro atoms. The second kappa shape index (κ2) is 7.85. The number of unbranched alkanes of at least 4 members (excludes halogenated alkanes) is 3. The Labute approximate surface area is 153 Å². The molecule has 0 saturated heterocycles. The van der Waals surface area contributed by atoms with E-state index in [0.29, 0.717) is 17.6 Å². The summed E-state index contributed by atoms with van der Waals surface area (Å²) in [6, 6.07) is 4.18. The van der Waals surface area contributed by atoms with Crippen molar-refractivity contribution in [2.24, 2.45) is 5.92 Å². The van der Waals surface area contributed by atoms with Crippen molar-refractivity contribution in [3.63, 3.8) is 0 Å². The van der Waals surface area contributed by atoms with Crippen molar-refractivity contribution in [3.05, 3.63) is 34.6 Å². The molecule has 1 aliphatic heterocycles. The summed E-state index contributed by atoms with van der Waals surface area (Å²) in [7, 11) is 0. The molecule has 138 valence electrons. The van der Waals surface area contributed by atoms with Gasteiger partial charge < -0.3 is 9.84 Å². The smallest absolute Gasteiger partial charge is 0.134 e. The van der Waals surface area contributed by atoms with E-state index < -0.39 is 0 Å². The summed E-state index contributed by atoms with van der Waals surface area (Å²) in [6.07, 6.45) is 9.71. The molecule has 0 saturated carbocycles. The van der Waals surface area contributed by atoms with Crippen LogP contribution in [0.25, 0.3) is 0 Å². The summed E-state index contributed by atoms with van der Waals surface area (Å²) < 4.78 is 6.31. The predicted molar refractivity (Wildman–Crippen MR) is 104 cm³/mol. The molecule has 1 aromatic rings. The third-order valence-corrected chi connectivity index (χ3v) is 6.19. The van der Waals surface area contributed by atoms with E-state index in [1.165, 1.54) is 55.4 Å². The number of ether oxygens (including phenoxy) is 1. The number of aromatic hydroxyl groups is 1. The summed E-state index contributed by atoms with van der Waals surface area (Å²) in [5, 5.41) is 10.7. The van der Waals surface area contributed by atoms with Gasteiger partial charge in [-0.2, -0.15) is 0 Å². The Morgan fingerprint density at radius 2 is 2.00 bits per heavy atom. The van der Waals surface area contributed by atoms with Crippen molar-refractivity contribution in [2.45, 2.75) is 90.9 Å². The average Bonchev–Trinajstić information content (AvgIpc) is 2.57. The van der Waals surface area contributed by atoms with Crippen molar-refractivity contribution in [3.8, 4) is 11.5 Å². The Hall–Kier alpha value is -1.44. The van der Waals surface area contributed by atoms with Crippen LogP contribution in [0.4, 0.5) is 0 Å². The van der Waals surface area contributed by atoms with Crippen molar-refractivity contribution >= 4 is 0 Å². The molecule has 25 heavy (non-hydrogen) atoms. The Kier molecular flexibility index (Phi) is 5.76. The molecule has 2 aliphatic rings. The van der Waals surface area contributed by atoms with Crippen molar-refractivity contribution < 1.29 is 9.84 Å². The second-order valence-corrected chi connectivity index (χ2v) is 8.32. The first-order valence-corrected chi connectivity index (χ1v) is 10.3. The fourth-order valence-electron chi connectivity index (χ4n) is 4.44. The Balaban J connectivity index is 1.80. The molecule has 3 rings (SSSR count). The summed E-state index contributed by atoms with van der Waals surface area (Å²) in [5.74, 6) is 3.93. The maximum Gasteiger partial charge on any atom is 0.134 e. The van der Waals surface area contributed by atoms with Gasteiger partial charge in [0.2, 0.25) is 0 Å². The molecule has 0 fully saturated rings. The fourth-order valence-corrected chi connectivity index (χ4v) is 4.44. The van der Waals surface area contributed by atoms with Crippen LogP contribution in [-0.2, 0) is 0 Å². The number of fused-ring (bicyclic) bond motifs is 1. The second-order valence-electron chi connectivity index (χ2n) is 8.32. The van der Waals surface area contributed by atoms with Gasteiger partial charge >= 0.3 is 0 Å². The fraction of sp³-hybridized carbons (Fsp3) is 0.652. The van der Waals surface area contributed by atoms with Gasteiger partial charge in [-0.1, -0.05) is 53.4 Å². The highest BCUT2D eigenvalue weighted by molar-refractivity contribution is 5.55. The number of hydrogen-bond acceptors (Lipinski definition) is 2. The van der Waals surface area contributed by atoms with E-state index in [0.717, 1.165) is 24.2 Å². The third-order valence-electron chi connectivity index (χ3n) is 6.19. The van der Waals surface area contributed by atoms with Crippen LogP contribution in [0.15, 0.2) is 23.5 Å². The molecule has 3 atom stereocenters. The molecule has 2 heteroatoms. The maximum atomic E-state index is 10.7. The first-order valence-electron chi connectivity index (χ1n) is 10.3. The highest BCUT2D eigenvalue weighted by Crippen LogP contribution is 2.49. The van der Waals surface area contributed by atoms with Gasteiger partial charge in [-0.25, -0.2) is 0 Å². The van der Waals surface area contributed by atoms with E-state index in [2.05, 4.69) is 33.8 Å². The summed E-state index contributed by atoms with van der Waals surface area (Å²) in [4.78, 5) is 0. The number of rotatable bonds is 6. The van der Waals surface area contributed by atoms with Gasteiger partial charge in [0.15, 0.2) is 0 Å². The summed E-state index contributed by atoms with van der Waals surface area (Å²) in [6.45, 7) is 9.05.